The first-order valence-corrected chi connectivity index (χ1v) is 9.57. The summed E-state index contributed by atoms with van der Waals surface area (Å²) in [5.41, 5.74) is 1.59. The summed E-state index contributed by atoms with van der Waals surface area (Å²) in [5.74, 6) is 0.592. The van der Waals surface area contributed by atoms with E-state index in [2.05, 4.69) is 11.9 Å². The van der Waals surface area contributed by atoms with Gasteiger partial charge in [-0.1, -0.05) is 35.9 Å². The highest BCUT2D eigenvalue weighted by Gasteiger charge is 2.40. The standard InChI is InChI=1S/C21H23ClN2O3/c1-23-10-11-26-20-13-24(12-18(20)23)21(25)17-4-2-3-5-19(17)27-14-15-6-8-16(22)9-7-15/h2-9,18,20H,10-14H2,1H3/t18-,20+/m0/s1. The second-order valence-corrected chi connectivity index (χ2v) is 7.52. The molecule has 0 N–H and O–H groups in total. The average molecular weight is 387 g/mol. The topological polar surface area (TPSA) is 42.0 Å². The van der Waals surface area contributed by atoms with E-state index in [1.165, 1.54) is 0 Å². The monoisotopic (exact) mass is 386 g/mol. The van der Waals surface area contributed by atoms with Gasteiger partial charge in [-0.05, 0) is 36.9 Å². The van der Waals surface area contributed by atoms with Crippen LogP contribution in [0.3, 0.4) is 0 Å². The van der Waals surface area contributed by atoms with E-state index in [0.717, 1.165) is 18.7 Å². The molecule has 6 heteroatoms. The van der Waals surface area contributed by atoms with Crippen LogP contribution in [0.15, 0.2) is 48.5 Å². The van der Waals surface area contributed by atoms with Crippen LogP contribution < -0.4 is 4.74 Å². The fourth-order valence-corrected chi connectivity index (χ4v) is 3.83. The first-order valence-electron chi connectivity index (χ1n) is 9.19. The fourth-order valence-electron chi connectivity index (χ4n) is 3.70. The highest BCUT2D eigenvalue weighted by atomic mass is 35.5. The van der Waals surface area contributed by atoms with Gasteiger partial charge in [0.25, 0.3) is 5.91 Å². The van der Waals surface area contributed by atoms with Crippen LogP contribution in [-0.4, -0.2) is 61.1 Å². The molecule has 0 unspecified atom stereocenters. The predicted octanol–water partition coefficient (Wildman–Crippen LogP) is 3.07. The summed E-state index contributed by atoms with van der Waals surface area (Å²) in [4.78, 5) is 17.3. The summed E-state index contributed by atoms with van der Waals surface area (Å²) in [5, 5.41) is 0.692. The molecule has 5 nitrogen and oxygen atoms in total. The van der Waals surface area contributed by atoms with Crippen molar-refractivity contribution in [3.05, 3.63) is 64.7 Å². The molecule has 2 aromatic carbocycles. The average Bonchev–Trinajstić information content (AvgIpc) is 3.13. The Bertz CT molecular complexity index is 811. The summed E-state index contributed by atoms with van der Waals surface area (Å²) in [6.07, 6.45) is 0.0925. The lowest BCUT2D eigenvalue weighted by Gasteiger charge is -2.33. The minimum Gasteiger partial charge on any atom is -0.488 e. The van der Waals surface area contributed by atoms with E-state index in [1.807, 2.05) is 53.4 Å². The second kappa shape index (κ2) is 7.89. The fraction of sp³-hybridized carbons (Fsp3) is 0.381. The van der Waals surface area contributed by atoms with E-state index in [9.17, 15) is 4.79 Å². The number of nitrogens with zero attached hydrogens (tertiary/aromatic N) is 2. The molecule has 2 aliphatic heterocycles. The Morgan fingerprint density at radius 1 is 1.19 bits per heavy atom. The minimum atomic E-state index is -0.00638. The van der Waals surface area contributed by atoms with Crippen LogP contribution in [0, 0.1) is 0 Å². The number of likely N-dealkylation sites (N-methyl/N-ethyl adjacent to an activating group) is 1. The molecule has 2 aliphatic rings. The number of para-hydroxylation sites is 1. The molecule has 2 atom stereocenters. The number of benzene rings is 2. The van der Waals surface area contributed by atoms with Crippen molar-refractivity contribution in [3.8, 4) is 5.75 Å². The van der Waals surface area contributed by atoms with E-state index in [-0.39, 0.29) is 18.1 Å². The Labute approximate surface area is 164 Å². The largest absolute Gasteiger partial charge is 0.488 e. The summed E-state index contributed by atoms with van der Waals surface area (Å²) in [6, 6.07) is 15.2. The maximum absolute atomic E-state index is 13.1. The number of morpholine rings is 1. The van der Waals surface area contributed by atoms with Gasteiger partial charge in [-0.15, -0.1) is 0 Å². The molecule has 0 saturated carbocycles. The highest BCUT2D eigenvalue weighted by Crippen LogP contribution is 2.27. The van der Waals surface area contributed by atoms with Gasteiger partial charge in [-0.25, -0.2) is 0 Å². The third kappa shape index (κ3) is 3.95. The summed E-state index contributed by atoms with van der Waals surface area (Å²) in [6.45, 7) is 3.33. The van der Waals surface area contributed by atoms with Crippen molar-refractivity contribution in [1.29, 1.82) is 0 Å². The van der Waals surface area contributed by atoms with Gasteiger partial charge in [-0.3, -0.25) is 9.69 Å². The SMILES string of the molecule is CN1CCO[C@@H]2CN(C(=O)c3ccccc3OCc3ccc(Cl)cc3)C[C@@H]21. The van der Waals surface area contributed by atoms with Crippen molar-refractivity contribution in [1.82, 2.24) is 9.80 Å². The van der Waals surface area contributed by atoms with Crippen molar-refractivity contribution in [2.75, 3.05) is 33.3 Å². The smallest absolute Gasteiger partial charge is 0.257 e. The first kappa shape index (κ1) is 18.3. The molecular formula is C21H23ClN2O3. The molecule has 2 saturated heterocycles. The number of likely N-dealkylation sites (tertiary alicyclic amines) is 1. The number of halogens is 1. The van der Waals surface area contributed by atoms with Crippen LogP contribution in [0.1, 0.15) is 15.9 Å². The Morgan fingerprint density at radius 3 is 2.74 bits per heavy atom. The van der Waals surface area contributed by atoms with Crippen LogP contribution in [0.2, 0.25) is 5.02 Å². The summed E-state index contributed by atoms with van der Waals surface area (Å²) >= 11 is 5.93. The normalized spacial score (nSPS) is 22.5. The molecule has 4 rings (SSSR count). The van der Waals surface area contributed by atoms with Crippen molar-refractivity contribution < 1.29 is 14.3 Å². The van der Waals surface area contributed by atoms with Gasteiger partial charge in [0, 0.05) is 24.7 Å². The maximum Gasteiger partial charge on any atom is 0.257 e. The molecule has 0 bridgehead atoms. The van der Waals surface area contributed by atoms with Gasteiger partial charge >= 0.3 is 0 Å². The number of ether oxygens (including phenoxy) is 2. The zero-order chi connectivity index (χ0) is 18.8. The minimum absolute atomic E-state index is 0.00638. The van der Waals surface area contributed by atoms with Gasteiger partial charge in [0.1, 0.15) is 12.4 Å². The number of rotatable bonds is 4. The maximum atomic E-state index is 13.1. The van der Waals surface area contributed by atoms with Gasteiger partial charge < -0.3 is 14.4 Å². The number of carbonyl (C=O) groups is 1. The molecule has 142 valence electrons. The lowest BCUT2D eigenvalue weighted by molar-refractivity contribution is -0.0368. The quantitative estimate of drug-likeness (QED) is 0.809. The summed E-state index contributed by atoms with van der Waals surface area (Å²) < 4.78 is 11.8. The highest BCUT2D eigenvalue weighted by molar-refractivity contribution is 6.30. The molecule has 27 heavy (non-hydrogen) atoms. The zero-order valence-corrected chi connectivity index (χ0v) is 16.1. The Kier molecular flexibility index (Phi) is 5.34. The number of carbonyl (C=O) groups excluding carboxylic acids is 1. The lowest BCUT2D eigenvalue weighted by atomic mass is 10.1. The lowest BCUT2D eigenvalue weighted by Crippen LogP contribution is -2.48. The second-order valence-electron chi connectivity index (χ2n) is 7.08. The Hall–Kier alpha value is -2.08. The van der Waals surface area contributed by atoms with Crippen LogP contribution in [0.5, 0.6) is 5.75 Å². The third-order valence-electron chi connectivity index (χ3n) is 5.29. The molecular weight excluding hydrogens is 364 g/mol. The third-order valence-corrected chi connectivity index (χ3v) is 5.54. The predicted molar refractivity (Wildman–Crippen MR) is 104 cm³/mol. The van der Waals surface area contributed by atoms with Gasteiger partial charge in [0.15, 0.2) is 0 Å². The molecule has 2 heterocycles. The van der Waals surface area contributed by atoms with Crippen LogP contribution in [0.25, 0.3) is 0 Å². The molecule has 0 spiro atoms. The summed E-state index contributed by atoms with van der Waals surface area (Å²) in [7, 11) is 2.09. The van der Waals surface area contributed by atoms with Crippen molar-refractivity contribution >= 4 is 17.5 Å². The van der Waals surface area contributed by atoms with E-state index in [4.69, 9.17) is 21.1 Å². The Morgan fingerprint density at radius 2 is 1.96 bits per heavy atom. The molecule has 1 amide bonds. The molecule has 2 fully saturated rings. The van der Waals surface area contributed by atoms with Crippen molar-refractivity contribution in [2.45, 2.75) is 18.8 Å². The molecule has 0 radical (unpaired) electrons. The van der Waals surface area contributed by atoms with E-state index in [1.54, 1.807) is 0 Å². The van der Waals surface area contributed by atoms with Crippen molar-refractivity contribution in [2.24, 2.45) is 0 Å². The van der Waals surface area contributed by atoms with Crippen molar-refractivity contribution in [3.63, 3.8) is 0 Å². The van der Waals surface area contributed by atoms with Crippen LogP contribution >= 0.6 is 11.6 Å². The molecule has 0 aliphatic carbocycles. The number of hydrogen-bond acceptors (Lipinski definition) is 4. The molecule has 0 aromatic heterocycles. The van der Waals surface area contributed by atoms with E-state index >= 15 is 0 Å². The van der Waals surface area contributed by atoms with Gasteiger partial charge in [0.2, 0.25) is 0 Å². The van der Waals surface area contributed by atoms with Gasteiger partial charge in [0.05, 0.1) is 24.3 Å². The van der Waals surface area contributed by atoms with E-state index < -0.39 is 0 Å². The van der Waals surface area contributed by atoms with E-state index in [0.29, 0.717) is 36.0 Å². The van der Waals surface area contributed by atoms with Gasteiger partial charge in [-0.2, -0.15) is 0 Å². The molecule has 2 aromatic rings. The number of amides is 1. The first-order chi connectivity index (χ1) is 13.1. The van der Waals surface area contributed by atoms with Crippen LogP contribution in [-0.2, 0) is 11.3 Å². The number of fused-ring (bicyclic) bond motifs is 1. The number of hydrogen-bond donors (Lipinski definition) is 0. The Balaban J connectivity index is 1.47. The zero-order valence-electron chi connectivity index (χ0n) is 15.3. The van der Waals surface area contributed by atoms with Crippen LogP contribution in [0.4, 0.5) is 0 Å².